The van der Waals surface area contributed by atoms with E-state index < -0.39 is 0 Å². The van der Waals surface area contributed by atoms with Gasteiger partial charge in [-0.2, -0.15) is 0 Å². The minimum Gasteiger partial charge on any atom is -0.465 e. The van der Waals surface area contributed by atoms with E-state index in [4.69, 9.17) is 16.3 Å². The molecule has 4 heteroatoms. The van der Waals surface area contributed by atoms with Crippen LogP contribution >= 0.6 is 11.6 Å². The summed E-state index contributed by atoms with van der Waals surface area (Å²) in [4.78, 5) is 15.3. The molecule has 1 aliphatic heterocycles. The summed E-state index contributed by atoms with van der Waals surface area (Å²) >= 11 is 6.00. The van der Waals surface area contributed by atoms with Gasteiger partial charge in [0.1, 0.15) is 5.71 Å². The normalized spacial score (nSPS) is 26.4. The Hall–Kier alpha value is -1.09. The predicted molar refractivity (Wildman–Crippen MR) is 54.5 cm³/mol. The number of ether oxygens (including phenoxy) is 1. The molecule has 0 fully saturated rings. The van der Waals surface area contributed by atoms with Crippen LogP contribution in [0, 0.1) is 0 Å². The summed E-state index contributed by atoms with van der Waals surface area (Å²) in [5.41, 5.74) is 0.716. The van der Waals surface area contributed by atoms with E-state index in [1.165, 1.54) is 12.2 Å². The lowest BCUT2D eigenvalue weighted by Crippen LogP contribution is -2.17. The van der Waals surface area contributed by atoms with Crippen molar-refractivity contribution in [2.75, 3.05) is 0 Å². The van der Waals surface area contributed by atoms with Crippen LogP contribution in [0.15, 0.2) is 29.0 Å². The van der Waals surface area contributed by atoms with Gasteiger partial charge < -0.3 is 4.74 Å². The monoisotopic (exact) mass is 211 g/mol. The topological polar surface area (TPSA) is 38.7 Å². The molecule has 0 aromatic rings. The van der Waals surface area contributed by atoms with Crippen LogP contribution in [0.1, 0.15) is 13.3 Å². The summed E-state index contributed by atoms with van der Waals surface area (Å²) in [5.74, 6) is 0.476. The van der Waals surface area contributed by atoms with E-state index in [0.29, 0.717) is 11.5 Å². The molecule has 0 saturated heterocycles. The highest BCUT2D eigenvalue weighted by Crippen LogP contribution is 2.25. The quantitative estimate of drug-likeness (QED) is 0.516. The average Bonchev–Trinajstić information content (AvgIpc) is 2.59. The first-order valence-electron chi connectivity index (χ1n) is 4.53. The molecule has 0 radical (unpaired) electrons. The summed E-state index contributed by atoms with van der Waals surface area (Å²) in [6.07, 6.45) is 5.02. The number of fused-ring (bicyclic) bond motifs is 1. The molecule has 0 amide bonds. The number of carbonyl (C=O) groups is 1. The Morgan fingerprint density at radius 3 is 3.14 bits per heavy atom. The fourth-order valence-corrected chi connectivity index (χ4v) is 1.45. The van der Waals surface area contributed by atoms with Crippen LogP contribution in [0.4, 0.5) is 0 Å². The van der Waals surface area contributed by atoms with E-state index in [0.717, 1.165) is 6.42 Å². The Labute approximate surface area is 87.1 Å². The minimum absolute atomic E-state index is 0.0674. The fraction of sp³-hybridized carbons (Fsp3) is 0.400. The van der Waals surface area contributed by atoms with Crippen LogP contribution in [-0.4, -0.2) is 23.1 Å². The first-order chi connectivity index (χ1) is 6.70. The zero-order chi connectivity index (χ0) is 10.1. The van der Waals surface area contributed by atoms with Crippen LogP contribution in [0.2, 0.25) is 0 Å². The Morgan fingerprint density at radius 1 is 1.64 bits per heavy atom. The van der Waals surface area contributed by atoms with Crippen molar-refractivity contribution in [3.8, 4) is 0 Å². The van der Waals surface area contributed by atoms with Gasteiger partial charge in [-0.05, 0) is 18.6 Å². The molecule has 14 heavy (non-hydrogen) atoms. The second-order valence-electron chi connectivity index (χ2n) is 3.19. The molecule has 2 atom stereocenters. The molecular formula is C10H10ClNO2. The summed E-state index contributed by atoms with van der Waals surface area (Å²) < 4.78 is 5.44. The molecule has 2 unspecified atom stereocenters. The van der Waals surface area contributed by atoms with Crippen molar-refractivity contribution in [3.05, 3.63) is 24.0 Å². The van der Waals surface area contributed by atoms with Crippen molar-refractivity contribution in [2.45, 2.75) is 24.9 Å². The lowest BCUT2D eigenvalue weighted by atomic mass is 10.1. The van der Waals surface area contributed by atoms with Crippen LogP contribution in [0.5, 0.6) is 0 Å². The summed E-state index contributed by atoms with van der Waals surface area (Å²) in [5, 5.41) is -0.141. The Kier molecular flexibility index (Phi) is 2.42. The van der Waals surface area contributed by atoms with Gasteiger partial charge in [0.15, 0.2) is 11.5 Å². The van der Waals surface area contributed by atoms with Gasteiger partial charge in [0.25, 0.3) is 0 Å². The van der Waals surface area contributed by atoms with Gasteiger partial charge in [-0.3, -0.25) is 4.79 Å². The molecule has 2 aliphatic rings. The number of hydrogen-bond acceptors (Lipinski definition) is 3. The maximum atomic E-state index is 11.0. The summed E-state index contributed by atoms with van der Waals surface area (Å²) in [6.45, 7) is 1.97. The fourth-order valence-electron chi connectivity index (χ4n) is 1.35. The smallest absolute Gasteiger partial charge is 0.206 e. The van der Waals surface area contributed by atoms with Gasteiger partial charge in [-0.15, -0.1) is 11.6 Å². The highest BCUT2D eigenvalue weighted by Gasteiger charge is 2.29. The minimum atomic E-state index is -0.349. The van der Waals surface area contributed by atoms with Crippen molar-refractivity contribution < 1.29 is 9.53 Å². The van der Waals surface area contributed by atoms with Crippen LogP contribution in [0.25, 0.3) is 0 Å². The Bertz CT molecular complexity index is 357. The van der Waals surface area contributed by atoms with Crippen molar-refractivity contribution in [2.24, 2.45) is 4.99 Å². The molecule has 0 saturated carbocycles. The number of carbonyl (C=O) groups excluding carboxylic acids is 1. The third-order valence-electron chi connectivity index (χ3n) is 2.14. The van der Waals surface area contributed by atoms with Gasteiger partial charge in [-0.25, -0.2) is 4.99 Å². The number of nitrogens with zero attached hydrogens (tertiary/aromatic N) is 1. The number of alkyl halides is 1. The molecule has 0 N–H and O–H groups in total. The Balaban J connectivity index is 2.20. The van der Waals surface area contributed by atoms with Crippen LogP contribution in [0.3, 0.4) is 0 Å². The van der Waals surface area contributed by atoms with E-state index in [2.05, 4.69) is 4.99 Å². The number of halogens is 1. The maximum Gasteiger partial charge on any atom is 0.206 e. The van der Waals surface area contributed by atoms with E-state index in [9.17, 15) is 4.79 Å². The molecular weight excluding hydrogens is 202 g/mol. The number of aliphatic imine (C=N–C) groups is 1. The predicted octanol–water partition coefficient (Wildman–Crippen LogP) is 1.82. The molecule has 0 bridgehead atoms. The molecule has 1 heterocycles. The molecule has 0 aromatic heterocycles. The lowest BCUT2D eigenvalue weighted by molar-refractivity contribution is -0.110. The van der Waals surface area contributed by atoms with Crippen molar-refractivity contribution in [1.82, 2.24) is 0 Å². The van der Waals surface area contributed by atoms with Gasteiger partial charge in [0, 0.05) is 6.08 Å². The first-order valence-corrected chi connectivity index (χ1v) is 4.97. The number of allylic oxidation sites excluding steroid dienone is 3. The van der Waals surface area contributed by atoms with Crippen molar-refractivity contribution in [3.63, 3.8) is 0 Å². The van der Waals surface area contributed by atoms with Gasteiger partial charge in [0.05, 0.1) is 5.38 Å². The van der Waals surface area contributed by atoms with Gasteiger partial charge in [0.2, 0.25) is 6.23 Å². The second-order valence-corrected chi connectivity index (χ2v) is 3.75. The van der Waals surface area contributed by atoms with E-state index >= 15 is 0 Å². The molecule has 1 aliphatic carbocycles. The van der Waals surface area contributed by atoms with E-state index in [1.54, 1.807) is 6.08 Å². The molecule has 0 aromatic carbocycles. The zero-order valence-corrected chi connectivity index (χ0v) is 8.49. The molecule has 3 nitrogen and oxygen atoms in total. The number of hydrogen-bond donors (Lipinski definition) is 0. The summed E-state index contributed by atoms with van der Waals surface area (Å²) in [6, 6.07) is 0. The summed E-state index contributed by atoms with van der Waals surface area (Å²) in [7, 11) is 0. The molecule has 0 spiro atoms. The largest absolute Gasteiger partial charge is 0.465 e. The standard InChI is InChI=1S/C10H10ClNO2/c1-2-7(11)10-12-8-4-3-6(13)5-9(8)14-10/h3-5,7,10H,2H2,1H3. The first kappa shape index (κ1) is 9.46. The highest BCUT2D eigenvalue weighted by atomic mass is 35.5. The van der Waals surface area contributed by atoms with Crippen molar-refractivity contribution >= 4 is 23.1 Å². The SMILES string of the molecule is CCC(Cl)C1N=C2C=CC(=O)C=C2O1. The maximum absolute atomic E-state index is 11.0. The third kappa shape index (κ3) is 1.60. The zero-order valence-electron chi connectivity index (χ0n) is 7.74. The second kappa shape index (κ2) is 3.58. The Morgan fingerprint density at radius 2 is 2.43 bits per heavy atom. The van der Waals surface area contributed by atoms with Gasteiger partial charge in [-0.1, -0.05) is 6.92 Å². The lowest BCUT2D eigenvalue weighted by Gasteiger charge is -2.12. The molecule has 74 valence electrons. The molecule has 2 rings (SSSR count). The highest BCUT2D eigenvalue weighted by molar-refractivity contribution is 6.22. The number of ketones is 1. The van der Waals surface area contributed by atoms with E-state index in [1.807, 2.05) is 6.92 Å². The van der Waals surface area contributed by atoms with Gasteiger partial charge >= 0.3 is 0 Å². The average molecular weight is 212 g/mol. The van der Waals surface area contributed by atoms with Crippen LogP contribution < -0.4 is 0 Å². The van der Waals surface area contributed by atoms with Crippen LogP contribution in [-0.2, 0) is 9.53 Å². The van der Waals surface area contributed by atoms with Crippen molar-refractivity contribution in [1.29, 1.82) is 0 Å². The number of rotatable bonds is 2. The third-order valence-corrected chi connectivity index (χ3v) is 2.67. The van der Waals surface area contributed by atoms with E-state index in [-0.39, 0.29) is 17.4 Å².